The Morgan fingerprint density at radius 2 is 1.77 bits per heavy atom. The number of para-hydroxylation sites is 2. The highest BCUT2D eigenvalue weighted by molar-refractivity contribution is 7.88. The van der Waals surface area contributed by atoms with E-state index in [9.17, 15) is 18.0 Å². The van der Waals surface area contributed by atoms with E-state index in [1.165, 1.54) is 15.1 Å². The van der Waals surface area contributed by atoms with Crippen molar-refractivity contribution >= 4 is 27.0 Å². The van der Waals surface area contributed by atoms with E-state index in [2.05, 4.69) is 5.32 Å². The summed E-state index contributed by atoms with van der Waals surface area (Å²) in [5, 5.41) is 2.75. The van der Waals surface area contributed by atoms with E-state index in [1.54, 1.807) is 11.5 Å². The van der Waals surface area contributed by atoms with Crippen LogP contribution in [0.4, 0.5) is 0 Å². The lowest BCUT2D eigenvalue weighted by molar-refractivity contribution is -0.121. The van der Waals surface area contributed by atoms with Gasteiger partial charge in [0.1, 0.15) is 6.54 Å². The van der Waals surface area contributed by atoms with Crippen LogP contribution in [0.1, 0.15) is 20.3 Å². The predicted octanol–water partition coefficient (Wildman–Crippen LogP) is 0.611. The van der Waals surface area contributed by atoms with E-state index in [-0.39, 0.29) is 18.1 Å². The van der Waals surface area contributed by atoms with Crippen molar-refractivity contribution in [3.8, 4) is 0 Å². The van der Waals surface area contributed by atoms with Gasteiger partial charge in [-0.15, -0.1) is 0 Å². The van der Waals surface area contributed by atoms with E-state index in [4.69, 9.17) is 0 Å². The molecule has 1 aromatic heterocycles. The molecule has 26 heavy (non-hydrogen) atoms. The van der Waals surface area contributed by atoms with Crippen LogP contribution in [0.15, 0.2) is 29.1 Å². The van der Waals surface area contributed by atoms with Crippen LogP contribution in [-0.4, -0.2) is 53.7 Å². The van der Waals surface area contributed by atoms with Crippen LogP contribution in [0.5, 0.6) is 0 Å². The summed E-state index contributed by atoms with van der Waals surface area (Å²) in [6, 6.07) is 7.38. The molecule has 9 heteroatoms. The molecule has 0 radical (unpaired) electrons. The number of amides is 1. The van der Waals surface area contributed by atoms with Crippen molar-refractivity contribution in [2.45, 2.75) is 33.4 Å². The Labute approximate surface area is 153 Å². The lowest BCUT2D eigenvalue weighted by Gasteiger charge is -2.17. The lowest BCUT2D eigenvalue weighted by atomic mass is 10.3. The number of hydrogen-bond donors (Lipinski definition) is 1. The fourth-order valence-corrected chi connectivity index (χ4v) is 3.90. The summed E-state index contributed by atoms with van der Waals surface area (Å²) in [6.45, 7) is 5.24. The third kappa shape index (κ3) is 4.53. The first kappa shape index (κ1) is 20.2. The van der Waals surface area contributed by atoms with Gasteiger partial charge in [-0.2, -0.15) is 0 Å². The molecule has 0 aliphatic rings. The molecule has 0 unspecified atom stereocenters. The minimum absolute atomic E-state index is 0.0596. The Balaban J connectivity index is 1.98. The van der Waals surface area contributed by atoms with Crippen LogP contribution in [0.25, 0.3) is 11.0 Å². The van der Waals surface area contributed by atoms with Crippen LogP contribution < -0.4 is 11.0 Å². The number of benzene rings is 1. The highest BCUT2D eigenvalue weighted by atomic mass is 32.2. The van der Waals surface area contributed by atoms with Gasteiger partial charge in [-0.05, 0) is 25.5 Å². The van der Waals surface area contributed by atoms with E-state index in [1.807, 2.05) is 31.2 Å². The van der Waals surface area contributed by atoms with Crippen LogP contribution in [0, 0.1) is 0 Å². The van der Waals surface area contributed by atoms with Gasteiger partial charge in [0.15, 0.2) is 0 Å². The zero-order valence-corrected chi connectivity index (χ0v) is 16.3. The molecular formula is C17H26N4O4S. The van der Waals surface area contributed by atoms with Gasteiger partial charge in [-0.1, -0.05) is 19.1 Å². The average Bonchev–Trinajstić information content (AvgIpc) is 2.85. The molecule has 144 valence electrons. The molecule has 8 nitrogen and oxygen atoms in total. The van der Waals surface area contributed by atoms with E-state index < -0.39 is 10.0 Å². The van der Waals surface area contributed by atoms with Crippen LogP contribution in [-0.2, 0) is 27.9 Å². The third-order valence-electron chi connectivity index (χ3n) is 4.27. The number of nitrogens with zero attached hydrogens (tertiary/aromatic N) is 3. The van der Waals surface area contributed by atoms with Crippen LogP contribution >= 0.6 is 0 Å². The van der Waals surface area contributed by atoms with Crippen molar-refractivity contribution in [2.24, 2.45) is 0 Å². The minimum atomic E-state index is -3.22. The summed E-state index contributed by atoms with van der Waals surface area (Å²) in [5.41, 5.74) is 1.32. The molecule has 0 saturated carbocycles. The topological polar surface area (TPSA) is 93.4 Å². The van der Waals surface area contributed by atoms with E-state index >= 15 is 0 Å². The molecule has 0 aliphatic carbocycles. The van der Waals surface area contributed by atoms with Crippen LogP contribution in [0.2, 0.25) is 0 Å². The molecule has 2 aromatic rings. The van der Waals surface area contributed by atoms with E-state index in [0.29, 0.717) is 32.6 Å². The molecule has 0 saturated heterocycles. The Morgan fingerprint density at radius 3 is 2.31 bits per heavy atom. The predicted molar refractivity (Wildman–Crippen MR) is 102 cm³/mol. The van der Waals surface area contributed by atoms with Crippen molar-refractivity contribution in [1.82, 2.24) is 18.8 Å². The highest BCUT2D eigenvalue weighted by Gasteiger charge is 2.15. The first-order valence-corrected chi connectivity index (χ1v) is 10.5. The summed E-state index contributed by atoms with van der Waals surface area (Å²) in [4.78, 5) is 24.7. The van der Waals surface area contributed by atoms with Crippen molar-refractivity contribution in [1.29, 1.82) is 0 Å². The monoisotopic (exact) mass is 382 g/mol. The molecule has 1 amide bonds. The number of hydrogen-bond acceptors (Lipinski definition) is 4. The molecule has 0 spiro atoms. The Hall–Kier alpha value is -2.13. The fraction of sp³-hybridized carbons (Fsp3) is 0.529. The first-order valence-electron chi connectivity index (χ1n) is 8.69. The molecule has 0 atom stereocenters. The smallest absolute Gasteiger partial charge is 0.329 e. The minimum Gasteiger partial charge on any atom is -0.354 e. The molecule has 0 bridgehead atoms. The van der Waals surface area contributed by atoms with Gasteiger partial charge in [-0.3, -0.25) is 13.9 Å². The molecule has 1 heterocycles. The number of carbonyl (C=O) groups is 1. The first-order chi connectivity index (χ1) is 12.3. The molecule has 1 N–H and O–H groups in total. The van der Waals surface area contributed by atoms with Gasteiger partial charge >= 0.3 is 5.69 Å². The maximum Gasteiger partial charge on any atom is 0.329 e. The Kier molecular flexibility index (Phi) is 6.60. The van der Waals surface area contributed by atoms with Gasteiger partial charge < -0.3 is 5.32 Å². The summed E-state index contributed by atoms with van der Waals surface area (Å²) < 4.78 is 27.5. The zero-order chi connectivity index (χ0) is 19.3. The largest absolute Gasteiger partial charge is 0.354 e. The lowest BCUT2D eigenvalue weighted by Crippen LogP contribution is -2.36. The summed E-state index contributed by atoms with van der Waals surface area (Å²) in [6.07, 6.45) is 1.68. The van der Waals surface area contributed by atoms with Crippen molar-refractivity contribution in [3.05, 3.63) is 34.7 Å². The molecule has 0 aliphatic heterocycles. The number of aryl methyl sites for hydroxylation is 1. The number of imidazole rings is 1. The van der Waals surface area contributed by atoms with Gasteiger partial charge in [0.25, 0.3) is 0 Å². The standard InChI is InChI=1S/C17H26N4O4S/c1-4-19(26(3,24)25)12-8-11-18-16(22)13-21-15-10-7-6-9-14(15)20(5-2)17(21)23/h6-7,9-10H,4-5,8,11-13H2,1-3H3,(H,18,22). The molecule has 2 rings (SSSR count). The maximum absolute atomic E-state index is 12.5. The van der Waals surface area contributed by atoms with Gasteiger partial charge in [0.05, 0.1) is 17.3 Å². The average molecular weight is 382 g/mol. The number of sulfonamides is 1. The van der Waals surface area contributed by atoms with Crippen molar-refractivity contribution in [2.75, 3.05) is 25.9 Å². The normalized spacial score (nSPS) is 12.0. The number of fused-ring (bicyclic) bond motifs is 1. The SMILES string of the molecule is CCN(CCCNC(=O)Cn1c(=O)n(CC)c2ccccc21)S(C)(=O)=O. The number of nitrogens with one attached hydrogen (secondary N) is 1. The zero-order valence-electron chi connectivity index (χ0n) is 15.4. The third-order valence-corrected chi connectivity index (χ3v) is 5.65. The van der Waals surface area contributed by atoms with Gasteiger partial charge in [-0.25, -0.2) is 17.5 Å². The second kappa shape index (κ2) is 8.50. The molecular weight excluding hydrogens is 356 g/mol. The Bertz CT molecular complexity index is 930. The second-order valence-electron chi connectivity index (χ2n) is 6.06. The quantitative estimate of drug-likeness (QED) is 0.643. The number of carbonyl (C=O) groups excluding carboxylic acids is 1. The molecule has 1 aromatic carbocycles. The molecule has 0 fully saturated rings. The highest BCUT2D eigenvalue weighted by Crippen LogP contribution is 2.12. The Morgan fingerprint density at radius 1 is 1.15 bits per heavy atom. The maximum atomic E-state index is 12.5. The van der Waals surface area contributed by atoms with Crippen molar-refractivity contribution < 1.29 is 13.2 Å². The summed E-state index contributed by atoms with van der Waals surface area (Å²) in [5.74, 6) is -0.270. The van der Waals surface area contributed by atoms with Gasteiger partial charge in [0.2, 0.25) is 15.9 Å². The fourth-order valence-electron chi connectivity index (χ4n) is 2.97. The summed E-state index contributed by atoms with van der Waals surface area (Å²) >= 11 is 0. The van der Waals surface area contributed by atoms with Gasteiger partial charge in [0, 0.05) is 26.2 Å². The second-order valence-corrected chi connectivity index (χ2v) is 8.04. The van der Waals surface area contributed by atoms with Crippen LogP contribution in [0.3, 0.4) is 0 Å². The van der Waals surface area contributed by atoms with Crippen molar-refractivity contribution in [3.63, 3.8) is 0 Å². The van der Waals surface area contributed by atoms with E-state index in [0.717, 1.165) is 11.0 Å². The number of rotatable bonds is 9. The summed E-state index contributed by atoms with van der Waals surface area (Å²) in [7, 11) is -3.22. The number of aromatic nitrogens is 2.